The minimum absolute atomic E-state index is 0.173. The number of rotatable bonds is 3. The quantitative estimate of drug-likeness (QED) is 0.656. The van der Waals surface area contributed by atoms with Gasteiger partial charge in [0, 0.05) is 19.0 Å². The summed E-state index contributed by atoms with van der Waals surface area (Å²) in [5, 5.41) is 0. The average molecular weight is 370 g/mol. The molecule has 0 saturated carbocycles. The van der Waals surface area contributed by atoms with Gasteiger partial charge in [-0.3, -0.25) is 14.7 Å². The molecule has 6 nitrogen and oxygen atoms in total. The predicted molar refractivity (Wildman–Crippen MR) is 104 cm³/mol. The highest BCUT2D eigenvalue weighted by atomic mass is 19.1. The highest BCUT2D eigenvalue weighted by molar-refractivity contribution is 6.07. The zero-order valence-corrected chi connectivity index (χ0v) is 15.9. The average Bonchev–Trinajstić information content (AvgIpc) is 2.78. The molecule has 0 fully saturated rings. The lowest BCUT2D eigenvalue weighted by atomic mass is 9.77. The molecular weight excluding hydrogens is 347 g/mol. The van der Waals surface area contributed by atoms with Gasteiger partial charge in [0.1, 0.15) is 17.2 Å². The standard InChI is InChI=1S/C20H23FN4O2/c1-12(8-14(21)10-23-4)13-6-7-16-15(9-13)20(11-19(2,3)27-16)17(26)25(5)18(22)24-20/h6-10H,4,11H2,1-3,5H3,(H2,22,24). The van der Waals surface area contributed by atoms with Gasteiger partial charge in [-0.25, -0.2) is 9.38 Å². The highest BCUT2D eigenvalue weighted by Crippen LogP contribution is 2.49. The van der Waals surface area contributed by atoms with Crippen LogP contribution in [-0.4, -0.2) is 36.1 Å². The summed E-state index contributed by atoms with van der Waals surface area (Å²) in [5.74, 6) is 0.0451. The number of ether oxygens (including phenoxy) is 1. The molecule has 1 aromatic carbocycles. The first-order chi connectivity index (χ1) is 12.6. The zero-order valence-electron chi connectivity index (χ0n) is 15.9. The molecule has 2 N–H and O–H groups in total. The van der Waals surface area contributed by atoms with E-state index in [2.05, 4.69) is 16.7 Å². The molecule has 27 heavy (non-hydrogen) atoms. The Bertz CT molecular complexity index is 917. The van der Waals surface area contributed by atoms with Crippen molar-refractivity contribution in [2.45, 2.75) is 38.3 Å². The van der Waals surface area contributed by atoms with Crippen LogP contribution in [0.2, 0.25) is 0 Å². The first-order valence-electron chi connectivity index (χ1n) is 8.57. The Balaban J connectivity index is 2.17. The lowest BCUT2D eigenvalue weighted by Gasteiger charge is -2.41. The molecule has 1 amide bonds. The molecule has 0 bridgehead atoms. The summed E-state index contributed by atoms with van der Waals surface area (Å²) < 4.78 is 19.8. The van der Waals surface area contributed by atoms with Crippen LogP contribution in [0.5, 0.6) is 5.75 Å². The molecule has 1 aromatic rings. The summed E-state index contributed by atoms with van der Waals surface area (Å²) in [6, 6.07) is 5.43. The van der Waals surface area contributed by atoms with Crippen molar-refractivity contribution in [2.75, 3.05) is 7.05 Å². The second-order valence-corrected chi connectivity index (χ2v) is 7.47. The number of fused-ring (bicyclic) bond motifs is 2. The number of allylic oxidation sites excluding steroid dienone is 3. The number of carbonyl (C=O) groups is 1. The van der Waals surface area contributed by atoms with Crippen molar-refractivity contribution < 1.29 is 13.9 Å². The molecule has 0 aliphatic carbocycles. The molecule has 142 valence electrons. The lowest BCUT2D eigenvalue weighted by molar-refractivity contribution is -0.133. The monoisotopic (exact) mass is 370 g/mol. The summed E-state index contributed by atoms with van der Waals surface area (Å²) >= 11 is 0. The largest absolute Gasteiger partial charge is 0.487 e. The second-order valence-electron chi connectivity index (χ2n) is 7.47. The van der Waals surface area contributed by atoms with Crippen molar-refractivity contribution in [1.82, 2.24) is 4.90 Å². The Labute approximate surface area is 157 Å². The molecule has 0 saturated heterocycles. The predicted octanol–water partition coefficient (Wildman–Crippen LogP) is 3.14. The van der Waals surface area contributed by atoms with Gasteiger partial charge in [0.15, 0.2) is 11.5 Å². The van der Waals surface area contributed by atoms with E-state index in [0.29, 0.717) is 23.3 Å². The van der Waals surface area contributed by atoms with Crippen molar-refractivity contribution in [1.29, 1.82) is 0 Å². The molecule has 1 atom stereocenters. The van der Waals surface area contributed by atoms with Crippen LogP contribution in [0.3, 0.4) is 0 Å². The molecule has 7 heteroatoms. The van der Waals surface area contributed by atoms with Crippen molar-refractivity contribution in [3.05, 3.63) is 47.4 Å². The molecule has 1 unspecified atom stereocenters. The van der Waals surface area contributed by atoms with Gasteiger partial charge in [0.05, 0.1) is 6.20 Å². The number of nitrogens with zero attached hydrogens (tertiary/aromatic N) is 3. The Hall–Kier alpha value is -2.96. The third-order valence-corrected chi connectivity index (χ3v) is 4.82. The van der Waals surface area contributed by atoms with E-state index in [0.717, 1.165) is 11.8 Å². The highest BCUT2D eigenvalue weighted by Gasteiger charge is 2.55. The van der Waals surface area contributed by atoms with E-state index in [1.54, 1.807) is 20.0 Å². The maximum absolute atomic E-state index is 13.8. The number of guanidine groups is 1. The fraction of sp³-hybridized carbons (Fsp3) is 0.350. The van der Waals surface area contributed by atoms with Crippen LogP contribution in [-0.2, 0) is 10.3 Å². The summed E-state index contributed by atoms with van der Waals surface area (Å²) in [4.78, 5) is 22.4. The van der Waals surface area contributed by atoms with Gasteiger partial charge in [0.2, 0.25) is 0 Å². The van der Waals surface area contributed by atoms with Crippen LogP contribution >= 0.6 is 0 Å². The molecule has 0 radical (unpaired) electrons. The van der Waals surface area contributed by atoms with Crippen LogP contribution in [0.15, 0.2) is 46.3 Å². The Morgan fingerprint density at radius 2 is 2.19 bits per heavy atom. The summed E-state index contributed by atoms with van der Waals surface area (Å²) in [6.07, 6.45) is 2.75. The smallest absolute Gasteiger partial charge is 0.261 e. The van der Waals surface area contributed by atoms with Gasteiger partial charge in [0.25, 0.3) is 5.91 Å². The van der Waals surface area contributed by atoms with Crippen LogP contribution < -0.4 is 10.5 Å². The maximum Gasteiger partial charge on any atom is 0.261 e. The molecule has 1 spiro atoms. The van der Waals surface area contributed by atoms with Crippen molar-refractivity contribution in [3.8, 4) is 5.75 Å². The number of hydrogen-bond acceptors (Lipinski definition) is 5. The van der Waals surface area contributed by atoms with E-state index in [1.165, 1.54) is 11.0 Å². The van der Waals surface area contributed by atoms with Crippen molar-refractivity contribution >= 4 is 24.2 Å². The zero-order chi connectivity index (χ0) is 20.0. The Morgan fingerprint density at radius 3 is 2.78 bits per heavy atom. The van der Waals surface area contributed by atoms with Crippen LogP contribution in [0, 0.1) is 0 Å². The maximum atomic E-state index is 13.8. The number of carbonyl (C=O) groups excluding carboxylic acids is 1. The summed E-state index contributed by atoms with van der Waals surface area (Å²) in [6.45, 7) is 8.84. The first kappa shape index (κ1) is 18.8. The van der Waals surface area contributed by atoms with Gasteiger partial charge in [-0.15, -0.1) is 0 Å². The van der Waals surface area contributed by atoms with E-state index in [9.17, 15) is 9.18 Å². The number of aliphatic imine (C=N–C) groups is 2. The minimum Gasteiger partial charge on any atom is -0.487 e. The third kappa shape index (κ3) is 3.13. The fourth-order valence-electron chi connectivity index (χ4n) is 3.64. The number of amides is 1. The molecular formula is C20H23FN4O2. The Morgan fingerprint density at radius 1 is 1.48 bits per heavy atom. The fourth-order valence-corrected chi connectivity index (χ4v) is 3.64. The van der Waals surface area contributed by atoms with Crippen LogP contribution in [0.25, 0.3) is 5.57 Å². The Kier molecular flexibility index (Phi) is 4.41. The van der Waals surface area contributed by atoms with E-state index >= 15 is 0 Å². The first-order valence-corrected chi connectivity index (χ1v) is 8.57. The third-order valence-electron chi connectivity index (χ3n) is 4.82. The van der Waals surface area contributed by atoms with E-state index in [-0.39, 0.29) is 11.9 Å². The van der Waals surface area contributed by atoms with Gasteiger partial charge < -0.3 is 10.5 Å². The summed E-state index contributed by atoms with van der Waals surface area (Å²) in [7, 11) is 1.61. The van der Waals surface area contributed by atoms with Gasteiger partial charge in [-0.05, 0) is 56.8 Å². The minimum atomic E-state index is -1.14. The number of benzene rings is 1. The number of hydrogen-bond donors (Lipinski definition) is 1. The van der Waals surface area contributed by atoms with Gasteiger partial charge >= 0.3 is 0 Å². The number of nitrogens with two attached hydrogens (primary N) is 1. The van der Waals surface area contributed by atoms with E-state index in [4.69, 9.17) is 10.5 Å². The van der Waals surface area contributed by atoms with Gasteiger partial charge in [-0.2, -0.15) is 0 Å². The molecule has 2 aliphatic heterocycles. The van der Waals surface area contributed by atoms with Crippen molar-refractivity contribution in [2.24, 2.45) is 15.7 Å². The number of halogens is 1. The normalized spacial score (nSPS) is 24.6. The summed E-state index contributed by atoms with van der Waals surface area (Å²) in [5.41, 5.74) is 6.28. The second kappa shape index (κ2) is 6.33. The van der Waals surface area contributed by atoms with Gasteiger partial charge in [-0.1, -0.05) is 6.07 Å². The molecule has 2 heterocycles. The lowest BCUT2D eigenvalue weighted by Crippen LogP contribution is -2.49. The molecule has 0 aromatic heterocycles. The van der Waals surface area contributed by atoms with E-state index in [1.807, 2.05) is 26.0 Å². The number of likely N-dealkylation sites (N-methyl/N-ethyl adjacent to an activating group) is 1. The molecule has 2 aliphatic rings. The molecule has 3 rings (SSSR count). The van der Waals surface area contributed by atoms with Crippen molar-refractivity contribution in [3.63, 3.8) is 0 Å². The van der Waals surface area contributed by atoms with Crippen LogP contribution in [0.4, 0.5) is 4.39 Å². The SMILES string of the molecule is C=NC=C(F)C=C(C)c1ccc2c(c1)C1(CC(C)(C)O2)N=C(N)N(C)C1=O. The van der Waals surface area contributed by atoms with E-state index < -0.39 is 17.0 Å². The topological polar surface area (TPSA) is 80.3 Å². The van der Waals surface area contributed by atoms with Crippen LogP contribution in [0.1, 0.15) is 38.3 Å².